The van der Waals surface area contributed by atoms with E-state index < -0.39 is 0 Å². The van der Waals surface area contributed by atoms with Crippen LogP contribution in [0.25, 0.3) is 0 Å². The van der Waals surface area contributed by atoms with Crippen molar-refractivity contribution < 1.29 is 0 Å². The molecule has 0 aliphatic heterocycles. The van der Waals surface area contributed by atoms with Crippen molar-refractivity contribution in [3.8, 4) is 0 Å². The Morgan fingerprint density at radius 3 is 2.50 bits per heavy atom. The van der Waals surface area contributed by atoms with E-state index in [0.29, 0.717) is 0 Å². The number of anilines is 2. The average Bonchev–Trinajstić information content (AvgIpc) is 2.53. The van der Waals surface area contributed by atoms with Gasteiger partial charge >= 0.3 is 0 Å². The van der Waals surface area contributed by atoms with Crippen LogP contribution >= 0.6 is 0 Å². The zero-order valence-corrected chi connectivity index (χ0v) is 12.2. The van der Waals surface area contributed by atoms with Crippen LogP contribution in [0.3, 0.4) is 0 Å². The SMILES string of the molecule is CCCCN(Cc1cnc(NC)cn1)c1ccccc1. The highest BCUT2D eigenvalue weighted by Crippen LogP contribution is 2.16. The minimum absolute atomic E-state index is 0.793. The Labute approximate surface area is 120 Å². The van der Waals surface area contributed by atoms with E-state index in [9.17, 15) is 0 Å². The third-order valence-electron chi connectivity index (χ3n) is 3.22. The summed E-state index contributed by atoms with van der Waals surface area (Å²) in [4.78, 5) is 11.1. The van der Waals surface area contributed by atoms with Gasteiger partial charge in [-0.15, -0.1) is 0 Å². The molecule has 0 aliphatic rings. The van der Waals surface area contributed by atoms with Gasteiger partial charge in [-0.1, -0.05) is 31.5 Å². The summed E-state index contributed by atoms with van der Waals surface area (Å²) in [6.07, 6.45) is 5.98. The predicted molar refractivity (Wildman–Crippen MR) is 84.0 cm³/mol. The molecule has 0 aliphatic carbocycles. The third-order valence-corrected chi connectivity index (χ3v) is 3.22. The molecule has 0 bridgehead atoms. The summed E-state index contributed by atoms with van der Waals surface area (Å²) in [5.41, 5.74) is 2.23. The molecular weight excluding hydrogens is 248 g/mol. The lowest BCUT2D eigenvalue weighted by molar-refractivity contribution is 0.706. The van der Waals surface area contributed by atoms with Crippen molar-refractivity contribution in [2.75, 3.05) is 23.8 Å². The van der Waals surface area contributed by atoms with Gasteiger partial charge in [0.25, 0.3) is 0 Å². The van der Waals surface area contributed by atoms with Crippen molar-refractivity contribution in [2.24, 2.45) is 0 Å². The number of nitrogens with one attached hydrogen (secondary N) is 1. The van der Waals surface area contributed by atoms with Crippen LogP contribution in [-0.2, 0) is 6.54 Å². The number of hydrogen-bond donors (Lipinski definition) is 1. The van der Waals surface area contributed by atoms with Gasteiger partial charge in [0, 0.05) is 19.3 Å². The Hall–Kier alpha value is -2.10. The Morgan fingerprint density at radius 1 is 1.10 bits per heavy atom. The van der Waals surface area contributed by atoms with E-state index in [-0.39, 0.29) is 0 Å². The molecule has 0 unspecified atom stereocenters. The highest BCUT2D eigenvalue weighted by atomic mass is 15.1. The van der Waals surface area contributed by atoms with Crippen molar-refractivity contribution in [1.29, 1.82) is 0 Å². The van der Waals surface area contributed by atoms with Crippen LogP contribution in [0, 0.1) is 0 Å². The van der Waals surface area contributed by atoms with E-state index in [1.54, 1.807) is 6.20 Å². The quantitative estimate of drug-likeness (QED) is 0.838. The fourth-order valence-corrected chi connectivity index (χ4v) is 2.05. The van der Waals surface area contributed by atoms with Crippen molar-refractivity contribution in [3.63, 3.8) is 0 Å². The van der Waals surface area contributed by atoms with Crippen molar-refractivity contribution in [1.82, 2.24) is 9.97 Å². The monoisotopic (exact) mass is 270 g/mol. The second-order valence-electron chi connectivity index (χ2n) is 4.75. The van der Waals surface area contributed by atoms with E-state index >= 15 is 0 Å². The standard InChI is InChI=1S/C16H22N4/c1-3-4-10-20(15-8-6-5-7-9-15)13-14-11-19-16(17-2)12-18-14/h5-9,11-12H,3-4,10,13H2,1-2H3,(H,17,19). The normalized spacial score (nSPS) is 10.3. The fraction of sp³-hybridized carbons (Fsp3) is 0.375. The summed E-state index contributed by atoms with van der Waals surface area (Å²) in [5, 5.41) is 2.99. The molecule has 1 N–H and O–H groups in total. The molecule has 106 valence electrons. The van der Waals surface area contributed by atoms with Gasteiger partial charge in [0.1, 0.15) is 5.82 Å². The van der Waals surface area contributed by atoms with Gasteiger partial charge in [-0.05, 0) is 18.6 Å². The van der Waals surface area contributed by atoms with Gasteiger partial charge in [-0.3, -0.25) is 4.98 Å². The van der Waals surface area contributed by atoms with Crippen LogP contribution < -0.4 is 10.2 Å². The Bertz CT molecular complexity index is 496. The first-order chi connectivity index (χ1) is 9.83. The van der Waals surface area contributed by atoms with Crippen LogP contribution in [0.2, 0.25) is 0 Å². The average molecular weight is 270 g/mol. The number of nitrogens with zero attached hydrogens (tertiary/aromatic N) is 3. The highest BCUT2D eigenvalue weighted by Gasteiger charge is 2.07. The number of rotatable bonds is 7. The molecule has 1 aromatic heterocycles. The summed E-state index contributed by atoms with van der Waals surface area (Å²) in [7, 11) is 1.85. The molecule has 1 aromatic carbocycles. The smallest absolute Gasteiger partial charge is 0.144 e. The number of unbranched alkanes of at least 4 members (excludes halogenated alkanes) is 1. The molecule has 0 saturated heterocycles. The summed E-state index contributed by atoms with van der Waals surface area (Å²) in [5.74, 6) is 0.800. The molecule has 2 aromatic rings. The molecule has 0 spiro atoms. The maximum absolute atomic E-state index is 4.46. The van der Waals surface area contributed by atoms with E-state index in [1.165, 1.54) is 18.5 Å². The molecule has 0 amide bonds. The van der Waals surface area contributed by atoms with E-state index in [1.807, 2.05) is 19.3 Å². The first kappa shape index (κ1) is 14.3. The van der Waals surface area contributed by atoms with Crippen LogP contribution in [0.15, 0.2) is 42.7 Å². The van der Waals surface area contributed by atoms with E-state index in [2.05, 4.69) is 51.4 Å². The largest absolute Gasteiger partial charge is 0.372 e. The van der Waals surface area contributed by atoms with Gasteiger partial charge in [-0.2, -0.15) is 0 Å². The number of para-hydroxylation sites is 1. The minimum Gasteiger partial charge on any atom is -0.372 e. The maximum Gasteiger partial charge on any atom is 0.144 e. The van der Waals surface area contributed by atoms with Crippen molar-refractivity contribution in [3.05, 3.63) is 48.4 Å². The maximum atomic E-state index is 4.46. The summed E-state index contributed by atoms with van der Waals surface area (Å²) in [6.45, 7) is 4.04. The van der Waals surface area contributed by atoms with E-state index in [0.717, 1.165) is 24.6 Å². The molecule has 1 heterocycles. The highest BCUT2D eigenvalue weighted by molar-refractivity contribution is 5.46. The lowest BCUT2D eigenvalue weighted by Gasteiger charge is -2.24. The summed E-state index contributed by atoms with van der Waals surface area (Å²) in [6, 6.07) is 10.5. The third kappa shape index (κ3) is 3.95. The van der Waals surface area contributed by atoms with Gasteiger partial charge < -0.3 is 10.2 Å². The van der Waals surface area contributed by atoms with Crippen LogP contribution in [0.5, 0.6) is 0 Å². The van der Waals surface area contributed by atoms with Crippen molar-refractivity contribution in [2.45, 2.75) is 26.3 Å². The molecule has 4 nitrogen and oxygen atoms in total. The van der Waals surface area contributed by atoms with Crippen LogP contribution in [-0.4, -0.2) is 23.6 Å². The molecule has 20 heavy (non-hydrogen) atoms. The van der Waals surface area contributed by atoms with Gasteiger partial charge in [0.15, 0.2) is 0 Å². The molecule has 2 rings (SSSR count). The Kier molecular flexibility index (Phi) is 5.35. The van der Waals surface area contributed by atoms with Crippen LogP contribution in [0.1, 0.15) is 25.5 Å². The lowest BCUT2D eigenvalue weighted by Crippen LogP contribution is -2.24. The molecule has 4 heteroatoms. The fourth-order valence-electron chi connectivity index (χ4n) is 2.05. The van der Waals surface area contributed by atoms with Crippen molar-refractivity contribution >= 4 is 11.5 Å². The number of hydrogen-bond acceptors (Lipinski definition) is 4. The second-order valence-corrected chi connectivity index (χ2v) is 4.75. The number of benzene rings is 1. The topological polar surface area (TPSA) is 41.1 Å². The molecule has 0 saturated carbocycles. The summed E-state index contributed by atoms with van der Waals surface area (Å²) < 4.78 is 0. The number of aromatic nitrogens is 2. The first-order valence-corrected chi connectivity index (χ1v) is 7.12. The molecular formula is C16H22N4. The Balaban J connectivity index is 2.10. The first-order valence-electron chi connectivity index (χ1n) is 7.12. The van der Waals surface area contributed by atoms with Gasteiger partial charge in [0.2, 0.25) is 0 Å². The molecule has 0 radical (unpaired) electrons. The molecule has 0 atom stereocenters. The minimum atomic E-state index is 0.793. The zero-order valence-electron chi connectivity index (χ0n) is 12.2. The predicted octanol–water partition coefficient (Wildman–Crippen LogP) is 3.33. The summed E-state index contributed by atoms with van der Waals surface area (Å²) >= 11 is 0. The van der Waals surface area contributed by atoms with Crippen LogP contribution in [0.4, 0.5) is 11.5 Å². The van der Waals surface area contributed by atoms with Gasteiger partial charge in [-0.25, -0.2) is 4.98 Å². The lowest BCUT2D eigenvalue weighted by atomic mass is 10.2. The zero-order chi connectivity index (χ0) is 14.2. The van der Waals surface area contributed by atoms with Gasteiger partial charge in [0.05, 0.1) is 24.6 Å². The molecule has 0 fully saturated rings. The van der Waals surface area contributed by atoms with E-state index in [4.69, 9.17) is 0 Å². The Morgan fingerprint density at radius 2 is 1.90 bits per heavy atom. The second kappa shape index (κ2) is 7.48.